The summed E-state index contributed by atoms with van der Waals surface area (Å²) in [5.74, 6) is -0.192. The van der Waals surface area contributed by atoms with Crippen molar-refractivity contribution in [3.8, 4) is 0 Å². The SMILES string of the molecule is COC1CC(NC(=O)c2ccn(C)c(=O)c2)C1. The van der Waals surface area contributed by atoms with Gasteiger partial charge in [0.2, 0.25) is 0 Å². The van der Waals surface area contributed by atoms with E-state index >= 15 is 0 Å². The van der Waals surface area contributed by atoms with Crippen LogP contribution in [-0.2, 0) is 11.8 Å². The van der Waals surface area contributed by atoms with E-state index in [1.54, 1.807) is 26.4 Å². The summed E-state index contributed by atoms with van der Waals surface area (Å²) in [6, 6.07) is 3.15. The molecule has 0 bridgehead atoms. The van der Waals surface area contributed by atoms with Crippen LogP contribution in [0.15, 0.2) is 23.1 Å². The number of hydrogen-bond acceptors (Lipinski definition) is 3. The van der Waals surface area contributed by atoms with Crippen molar-refractivity contribution in [2.24, 2.45) is 7.05 Å². The van der Waals surface area contributed by atoms with Crippen LogP contribution < -0.4 is 10.9 Å². The molecule has 0 aromatic carbocycles. The summed E-state index contributed by atoms with van der Waals surface area (Å²) in [6.07, 6.45) is 3.53. The smallest absolute Gasteiger partial charge is 0.251 e. The molecule has 0 atom stereocenters. The average molecular weight is 236 g/mol. The Labute approximate surface area is 99.4 Å². The van der Waals surface area contributed by atoms with Gasteiger partial charge in [0.25, 0.3) is 11.5 Å². The van der Waals surface area contributed by atoms with Gasteiger partial charge in [-0.1, -0.05) is 0 Å². The molecule has 1 aliphatic carbocycles. The van der Waals surface area contributed by atoms with Crippen LogP contribution in [0.2, 0.25) is 0 Å². The predicted molar refractivity (Wildman–Crippen MR) is 63.0 cm³/mol. The number of carbonyl (C=O) groups excluding carboxylic acids is 1. The molecule has 1 fully saturated rings. The van der Waals surface area contributed by atoms with Gasteiger partial charge in [-0.25, -0.2) is 0 Å². The molecular formula is C12H16N2O3. The number of carbonyl (C=O) groups is 1. The molecule has 1 amide bonds. The maximum absolute atomic E-state index is 11.8. The van der Waals surface area contributed by atoms with Crippen molar-refractivity contribution >= 4 is 5.91 Å². The maximum atomic E-state index is 11.8. The summed E-state index contributed by atoms with van der Waals surface area (Å²) in [5.41, 5.74) is 0.231. The standard InChI is InChI=1S/C12H16N2O3/c1-14-4-3-8(5-11(14)15)12(16)13-9-6-10(7-9)17-2/h3-5,9-10H,6-7H2,1-2H3,(H,13,16). The summed E-state index contributed by atoms with van der Waals surface area (Å²) >= 11 is 0. The van der Waals surface area contributed by atoms with Crippen molar-refractivity contribution in [1.29, 1.82) is 0 Å². The quantitative estimate of drug-likeness (QED) is 0.820. The number of ether oxygens (including phenoxy) is 1. The van der Waals surface area contributed by atoms with Crippen LogP contribution >= 0.6 is 0 Å². The van der Waals surface area contributed by atoms with Gasteiger partial charge in [0.1, 0.15) is 0 Å². The highest BCUT2D eigenvalue weighted by molar-refractivity contribution is 5.94. The lowest BCUT2D eigenvalue weighted by Gasteiger charge is -2.34. The minimum atomic E-state index is -0.192. The Morgan fingerprint density at radius 3 is 2.82 bits per heavy atom. The van der Waals surface area contributed by atoms with Crippen LogP contribution in [-0.4, -0.2) is 29.7 Å². The topological polar surface area (TPSA) is 60.3 Å². The highest BCUT2D eigenvalue weighted by atomic mass is 16.5. The van der Waals surface area contributed by atoms with Crippen LogP contribution in [0.1, 0.15) is 23.2 Å². The summed E-state index contributed by atoms with van der Waals surface area (Å²) in [4.78, 5) is 23.2. The van der Waals surface area contributed by atoms with Crippen LogP contribution in [0.25, 0.3) is 0 Å². The molecule has 1 aromatic heterocycles. The van der Waals surface area contributed by atoms with E-state index in [2.05, 4.69) is 5.32 Å². The molecule has 2 rings (SSSR count). The lowest BCUT2D eigenvalue weighted by atomic mass is 9.89. The fourth-order valence-corrected chi connectivity index (χ4v) is 1.83. The number of pyridine rings is 1. The van der Waals surface area contributed by atoms with E-state index in [1.165, 1.54) is 10.6 Å². The first kappa shape index (κ1) is 11.9. The molecule has 1 N–H and O–H groups in total. The number of hydrogen-bond donors (Lipinski definition) is 1. The van der Waals surface area contributed by atoms with Crippen molar-refractivity contribution in [2.75, 3.05) is 7.11 Å². The number of aryl methyl sites for hydroxylation is 1. The van der Waals surface area contributed by atoms with Gasteiger partial charge in [-0.05, 0) is 18.9 Å². The van der Waals surface area contributed by atoms with Crippen LogP contribution in [0.5, 0.6) is 0 Å². The molecule has 0 spiro atoms. The van der Waals surface area contributed by atoms with Gasteiger partial charge < -0.3 is 14.6 Å². The molecule has 5 heteroatoms. The molecule has 17 heavy (non-hydrogen) atoms. The summed E-state index contributed by atoms with van der Waals surface area (Å²) in [7, 11) is 3.32. The molecule has 0 unspecified atom stereocenters. The molecule has 1 aromatic rings. The molecule has 0 radical (unpaired) electrons. The predicted octanol–water partition coefficient (Wildman–Crippen LogP) is 0.292. The Bertz CT molecular complexity index is 475. The van der Waals surface area contributed by atoms with Crippen molar-refractivity contribution in [3.05, 3.63) is 34.2 Å². The summed E-state index contributed by atoms with van der Waals surface area (Å²) < 4.78 is 6.57. The van der Waals surface area contributed by atoms with Gasteiger partial charge in [0.15, 0.2) is 0 Å². The fraction of sp³-hybridized carbons (Fsp3) is 0.500. The lowest BCUT2D eigenvalue weighted by Crippen LogP contribution is -2.47. The van der Waals surface area contributed by atoms with Crippen LogP contribution in [0, 0.1) is 0 Å². The van der Waals surface area contributed by atoms with E-state index < -0.39 is 0 Å². The first-order valence-corrected chi connectivity index (χ1v) is 5.60. The van der Waals surface area contributed by atoms with Crippen LogP contribution in [0.3, 0.4) is 0 Å². The van der Waals surface area contributed by atoms with E-state index in [0.717, 1.165) is 12.8 Å². The zero-order chi connectivity index (χ0) is 12.4. The second-order valence-electron chi connectivity index (χ2n) is 4.36. The van der Waals surface area contributed by atoms with Gasteiger partial charge in [0, 0.05) is 38.0 Å². The monoisotopic (exact) mass is 236 g/mol. The van der Waals surface area contributed by atoms with E-state index in [1.807, 2.05) is 0 Å². The Balaban J connectivity index is 1.96. The van der Waals surface area contributed by atoms with Crippen LogP contribution in [0.4, 0.5) is 0 Å². The fourth-order valence-electron chi connectivity index (χ4n) is 1.83. The number of aromatic nitrogens is 1. The van der Waals surface area contributed by atoms with E-state index in [9.17, 15) is 9.59 Å². The number of rotatable bonds is 3. The highest BCUT2D eigenvalue weighted by Crippen LogP contribution is 2.22. The van der Waals surface area contributed by atoms with Gasteiger partial charge >= 0.3 is 0 Å². The van der Waals surface area contributed by atoms with E-state index in [4.69, 9.17) is 4.74 Å². The first-order valence-electron chi connectivity index (χ1n) is 5.60. The zero-order valence-corrected chi connectivity index (χ0v) is 9.97. The Hall–Kier alpha value is -1.62. The number of amides is 1. The van der Waals surface area contributed by atoms with Gasteiger partial charge in [-0.3, -0.25) is 9.59 Å². The molecule has 0 saturated heterocycles. The minimum Gasteiger partial charge on any atom is -0.381 e. The van der Waals surface area contributed by atoms with Crippen molar-refractivity contribution in [1.82, 2.24) is 9.88 Å². The number of methoxy groups -OCH3 is 1. The third-order valence-corrected chi connectivity index (χ3v) is 3.13. The third-order valence-electron chi connectivity index (χ3n) is 3.13. The van der Waals surface area contributed by atoms with Gasteiger partial charge in [-0.15, -0.1) is 0 Å². The number of nitrogens with one attached hydrogen (secondary N) is 1. The second kappa shape index (κ2) is 4.71. The molecule has 92 valence electrons. The van der Waals surface area contributed by atoms with Gasteiger partial charge in [-0.2, -0.15) is 0 Å². The molecule has 1 aliphatic rings. The Morgan fingerprint density at radius 1 is 1.53 bits per heavy atom. The zero-order valence-electron chi connectivity index (χ0n) is 9.97. The largest absolute Gasteiger partial charge is 0.381 e. The molecule has 5 nitrogen and oxygen atoms in total. The van der Waals surface area contributed by atoms with Crippen molar-refractivity contribution in [2.45, 2.75) is 25.0 Å². The number of nitrogens with zero attached hydrogens (tertiary/aromatic N) is 1. The Kier molecular flexibility index (Phi) is 3.28. The van der Waals surface area contributed by atoms with Gasteiger partial charge in [0.05, 0.1) is 6.10 Å². The van der Waals surface area contributed by atoms with Crippen molar-refractivity contribution in [3.63, 3.8) is 0 Å². The van der Waals surface area contributed by atoms with E-state index in [0.29, 0.717) is 5.56 Å². The molecule has 1 saturated carbocycles. The third kappa shape index (κ3) is 2.55. The first-order chi connectivity index (χ1) is 8.10. The summed E-state index contributed by atoms with van der Waals surface area (Å²) in [5, 5.41) is 2.88. The maximum Gasteiger partial charge on any atom is 0.251 e. The Morgan fingerprint density at radius 2 is 2.24 bits per heavy atom. The summed E-state index contributed by atoms with van der Waals surface area (Å²) in [6.45, 7) is 0. The van der Waals surface area contributed by atoms with E-state index in [-0.39, 0.29) is 23.6 Å². The molecule has 1 heterocycles. The second-order valence-corrected chi connectivity index (χ2v) is 4.36. The normalized spacial score (nSPS) is 22.9. The lowest BCUT2D eigenvalue weighted by molar-refractivity contribution is 0.0176. The molecular weight excluding hydrogens is 220 g/mol. The van der Waals surface area contributed by atoms with Crippen molar-refractivity contribution < 1.29 is 9.53 Å². The molecule has 0 aliphatic heterocycles. The highest BCUT2D eigenvalue weighted by Gasteiger charge is 2.30. The average Bonchev–Trinajstić information content (AvgIpc) is 2.26. The minimum absolute atomic E-state index is 0.163.